The Morgan fingerprint density at radius 1 is 1.38 bits per heavy atom. The van der Waals surface area contributed by atoms with Crippen LogP contribution < -0.4 is 0 Å². The summed E-state index contributed by atoms with van der Waals surface area (Å²) in [5.74, 6) is 0. The first-order valence-electron chi connectivity index (χ1n) is 4.14. The average molecular weight is 245 g/mol. The monoisotopic (exact) mass is 244 g/mol. The third-order valence-electron chi connectivity index (χ3n) is 1.91. The molecule has 1 aromatic rings. The Labute approximate surface area is 86.7 Å². The van der Waals surface area contributed by atoms with Gasteiger partial charge in [0.2, 0.25) is 0 Å². The number of aliphatic hydroxyl groups is 1. The number of rotatable bonds is 4. The van der Waals surface area contributed by atoms with Crippen molar-refractivity contribution in [1.29, 1.82) is 0 Å². The SMILES string of the molecule is COC(CO)Cc1ccc(Br)cc1. The molecule has 1 N–H and O–H groups in total. The highest BCUT2D eigenvalue weighted by Gasteiger charge is 2.05. The molecular weight excluding hydrogens is 232 g/mol. The molecule has 0 aliphatic heterocycles. The van der Waals surface area contributed by atoms with Gasteiger partial charge in [0.05, 0.1) is 12.7 Å². The smallest absolute Gasteiger partial charge is 0.0842 e. The highest BCUT2D eigenvalue weighted by Crippen LogP contribution is 2.12. The van der Waals surface area contributed by atoms with Crippen molar-refractivity contribution >= 4 is 15.9 Å². The molecular formula is C10H13BrO2. The Hall–Kier alpha value is -0.380. The van der Waals surface area contributed by atoms with Crippen molar-refractivity contribution in [3.63, 3.8) is 0 Å². The molecule has 0 saturated heterocycles. The van der Waals surface area contributed by atoms with E-state index in [1.54, 1.807) is 7.11 Å². The second kappa shape index (κ2) is 5.37. The Morgan fingerprint density at radius 3 is 2.46 bits per heavy atom. The molecule has 0 aliphatic rings. The van der Waals surface area contributed by atoms with Crippen molar-refractivity contribution in [3.05, 3.63) is 34.3 Å². The van der Waals surface area contributed by atoms with E-state index in [0.29, 0.717) is 0 Å². The highest BCUT2D eigenvalue weighted by atomic mass is 79.9. The van der Waals surface area contributed by atoms with Crippen molar-refractivity contribution in [1.82, 2.24) is 0 Å². The van der Waals surface area contributed by atoms with Crippen LogP contribution in [0.1, 0.15) is 5.56 Å². The summed E-state index contributed by atoms with van der Waals surface area (Å²) >= 11 is 3.37. The maximum Gasteiger partial charge on any atom is 0.0842 e. The average Bonchev–Trinajstić information content (AvgIpc) is 2.17. The largest absolute Gasteiger partial charge is 0.394 e. The summed E-state index contributed by atoms with van der Waals surface area (Å²) in [4.78, 5) is 0. The van der Waals surface area contributed by atoms with Gasteiger partial charge in [0.15, 0.2) is 0 Å². The van der Waals surface area contributed by atoms with Gasteiger partial charge in [-0.25, -0.2) is 0 Å². The van der Waals surface area contributed by atoms with Crippen LogP contribution in [0.2, 0.25) is 0 Å². The fourth-order valence-electron chi connectivity index (χ4n) is 1.11. The summed E-state index contributed by atoms with van der Waals surface area (Å²) in [6.45, 7) is 0.0621. The minimum atomic E-state index is -0.0961. The molecule has 0 aromatic heterocycles. The van der Waals surface area contributed by atoms with Crippen molar-refractivity contribution in [2.45, 2.75) is 12.5 Å². The van der Waals surface area contributed by atoms with Crippen LogP contribution in [0.3, 0.4) is 0 Å². The summed E-state index contributed by atoms with van der Waals surface area (Å²) in [6.07, 6.45) is 0.654. The van der Waals surface area contributed by atoms with E-state index >= 15 is 0 Å². The normalized spacial score (nSPS) is 12.8. The first-order chi connectivity index (χ1) is 6.26. The molecule has 0 bridgehead atoms. The quantitative estimate of drug-likeness (QED) is 0.879. The fourth-order valence-corrected chi connectivity index (χ4v) is 1.37. The predicted octanol–water partition coefficient (Wildman–Crippen LogP) is 2.00. The Kier molecular flexibility index (Phi) is 4.42. The maximum atomic E-state index is 8.91. The van der Waals surface area contributed by atoms with Crippen LogP contribution in [-0.4, -0.2) is 24.9 Å². The predicted molar refractivity (Wildman–Crippen MR) is 55.7 cm³/mol. The molecule has 1 unspecified atom stereocenters. The van der Waals surface area contributed by atoms with E-state index in [2.05, 4.69) is 15.9 Å². The lowest BCUT2D eigenvalue weighted by Crippen LogP contribution is -2.18. The van der Waals surface area contributed by atoms with Crippen LogP contribution in [0.15, 0.2) is 28.7 Å². The molecule has 0 heterocycles. The first-order valence-corrected chi connectivity index (χ1v) is 4.93. The Bertz CT molecular complexity index is 242. The van der Waals surface area contributed by atoms with Crippen LogP contribution in [0, 0.1) is 0 Å². The molecule has 0 saturated carbocycles. The summed E-state index contributed by atoms with van der Waals surface area (Å²) in [5.41, 5.74) is 1.17. The summed E-state index contributed by atoms with van der Waals surface area (Å²) in [6, 6.07) is 8.01. The molecule has 1 atom stereocenters. The second-order valence-electron chi connectivity index (χ2n) is 2.87. The molecule has 72 valence electrons. The van der Waals surface area contributed by atoms with Gasteiger partial charge in [-0.1, -0.05) is 28.1 Å². The van der Waals surface area contributed by atoms with Crippen LogP contribution in [0.5, 0.6) is 0 Å². The molecule has 1 rings (SSSR count). The number of aliphatic hydroxyl groups excluding tert-OH is 1. The van der Waals surface area contributed by atoms with Crippen molar-refractivity contribution < 1.29 is 9.84 Å². The maximum absolute atomic E-state index is 8.91. The molecule has 0 spiro atoms. The lowest BCUT2D eigenvalue weighted by Gasteiger charge is -2.11. The number of halogens is 1. The van der Waals surface area contributed by atoms with Gasteiger partial charge in [0, 0.05) is 18.0 Å². The first kappa shape index (κ1) is 10.7. The zero-order chi connectivity index (χ0) is 9.68. The van der Waals surface area contributed by atoms with Crippen LogP contribution in [-0.2, 0) is 11.2 Å². The minimum Gasteiger partial charge on any atom is -0.394 e. The van der Waals surface area contributed by atoms with Crippen LogP contribution in [0.25, 0.3) is 0 Å². The number of benzene rings is 1. The van der Waals surface area contributed by atoms with Gasteiger partial charge in [-0.3, -0.25) is 0 Å². The molecule has 0 amide bonds. The zero-order valence-electron chi connectivity index (χ0n) is 7.53. The Balaban J connectivity index is 2.58. The Morgan fingerprint density at radius 2 is 2.00 bits per heavy atom. The summed E-state index contributed by atoms with van der Waals surface area (Å²) in [7, 11) is 1.61. The fraction of sp³-hybridized carbons (Fsp3) is 0.400. The molecule has 2 nitrogen and oxygen atoms in total. The van der Waals surface area contributed by atoms with E-state index in [-0.39, 0.29) is 12.7 Å². The van der Waals surface area contributed by atoms with Gasteiger partial charge < -0.3 is 9.84 Å². The van der Waals surface area contributed by atoms with Gasteiger partial charge in [-0.05, 0) is 17.7 Å². The van der Waals surface area contributed by atoms with E-state index < -0.39 is 0 Å². The van der Waals surface area contributed by atoms with Crippen LogP contribution in [0.4, 0.5) is 0 Å². The van der Waals surface area contributed by atoms with Gasteiger partial charge in [0.25, 0.3) is 0 Å². The molecule has 13 heavy (non-hydrogen) atoms. The number of ether oxygens (including phenoxy) is 1. The number of hydrogen-bond donors (Lipinski definition) is 1. The standard InChI is InChI=1S/C10H13BrO2/c1-13-10(7-12)6-8-2-4-9(11)5-3-8/h2-5,10,12H,6-7H2,1H3. The second-order valence-corrected chi connectivity index (χ2v) is 3.79. The third-order valence-corrected chi connectivity index (χ3v) is 2.44. The van der Waals surface area contributed by atoms with Crippen molar-refractivity contribution in [3.8, 4) is 0 Å². The van der Waals surface area contributed by atoms with Gasteiger partial charge >= 0.3 is 0 Å². The highest BCUT2D eigenvalue weighted by molar-refractivity contribution is 9.10. The van der Waals surface area contributed by atoms with E-state index in [1.807, 2.05) is 24.3 Å². The summed E-state index contributed by atoms with van der Waals surface area (Å²) in [5, 5.41) is 8.91. The van der Waals surface area contributed by atoms with E-state index in [0.717, 1.165) is 10.9 Å². The molecule has 0 fully saturated rings. The zero-order valence-corrected chi connectivity index (χ0v) is 9.12. The lowest BCUT2D eigenvalue weighted by molar-refractivity contribution is 0.0495. The lowest BCUT2D eigenvalue weighted by atomic mass is 10.1. The van der Waals surface area contributed by atoms with E-state index in [4.69, 9.17) is 9.84 Å². The molecule has 3 heteroatoms. The van der Waals surface area contributed by atoms with Gasteiger partial charge in [-0.2, -0.15) is 0 Å². The third kappa shape index (κ3) is 3.46. The van der Waals surface area contributed by atoms with Crippen LogP contribution >= 0.6 is 15.9 Å². The van der Waals surface area contributed by atoms with Crippen molar-refractivity contribution in [2.75, 3.05) is 13.7 Å². The van der Waals surface area contributed by atoms with Gasteiger partial charge in [0.1, 0.15) is 0 Å². The number of hydrogen-bond acceptors (Lipinski definition) is 2. The topological polar surface area (TPSA) is 29.5 Å². The van der Waals surface area contributed by atoms with Crippen molar-refractivity contribution in [2.24, 2.45) is 0 Å². The molecule has 1 aromatic carbocycles. The summed E-state index contributed by atoms with van der Waals surface area (Å²) < 4.78 is 6.14. The van der Waals surface area contributed by atoms with Gasteiger partial charge in [-0.15, -0.1) is 0 Å². The molecule has 0 radical (unpaired) electrons. The minimum absolute atomic E-state index is 0.0621. The molecule has 0 aliphatic carbocycles. The van der Waals surface area contributed by atoms with E-state index in [9.17, 15) is 0 Å². The van der Waals surface area contributed by atoms with E-state index in [1.165, 1.54) is 5.56 Å². The number of methoxy groups -OCH3 is 1.